The van der Waals surface area contributed by atoms with E-state index in [0.717, 1.165) is 22.9 Å². The molecule has 1 N–H and O–H groups in total. The second-order valence-corrected chi connectivity index (χ2v) is 6.07. The maximum atomic E-state index is 5.73. The summed E-state index contributed by atoms with van der Waals surface area (Å²) < 4.78 is 11.3. The molecule has 2 aromatic heterocycles. The van der Waals surface area contributed by atoms with Crippen LogP contribution in [0, 0.1) is 0 Å². The van der Waals surface area contributed by atoms with Crippen molar-refractivity contribution >= 4 is 23.0 Å². The molecule has 0 bridgehead atoms. The summed E-state index contributed by atoms with van der Waals surface area (Å²) in [4.78, 5) is 6.54. The van der Waals surface area contributed by atoms with Crippen molar-refractivity contribution in [3.05, 3.63) is 78.5 Å². The van der Waals surface area contributed by atoms with Crippen molar-refractivity contribution in [1.29, 1.82) is 0 Å². The first-order valence-corrected chi connectivity index (χ1v) is 8.37. The minimum Gasteiger partial charge on any atom is -0.495 e. The molecule has 1 fully saturated rings. The van der Waals surface area contributed by atoms with Gasteiger partial charge in [-0.15, -0.1) is 0 Å². The van der Waals surface area contributed by atoms with Gasteiger partial charge in [-0.25, -0.2) is 0 Å². The van der Waals surface area contributed by atoms with E-state index in [1.54, 1.807) is 19.6 Å². The molecule has 1 aliphatic rings. The molecule has 1 aliphatic heterocycles. The number of aromatic nitrogens is 1. The van der Waals surface area contributed by atoms with Gasteiger partial charge in [-0.3, -0.25) is 4.98 Å². The van der Waals surface area contributed by atoms with Crippen molar-refractivity contribution in [1.82, 2.24) is 10.3 Å². The number of thiocarbonyl (C=S) groups is 1. The lowest BCUT2D eigenvalue weighted by Gasteiger charge is -2.27. The van der Waals surface area contributed by atoms with Crippen molar-refractivity contribution in [2.24, 2.45) is 0 Å². The SMILES string of the molecule is COc1ccccc1N1C(=S)NC(c2ccccn2)C1c1ccco1. The molecule has 6 heteroatoms. The van der Waals surface area contributed by atoms with Crippen LogP contribution in [0.4, 0.5) is 5.69 Å². The van der Waals surface area contributed by atoms with Crippen molar-refractivity contribution in [3.8, 4) is 5.75 Å². The summed E-state index contributed by atoms with van der Waals surface area (Å²) in [5.41, 5.74) is 1.80. The molecule has 0 spiro atoms. The van der Waals surface area contributed by atoms with E-state index in [2.05, 4.69) is 10.3 Å². The molecule has 25 heavy (non-hydrogen) atoms. The largest absolute Gasteiger partial charge is 0.495 e. The number of pyridine rings is 1. The summed E-state index contributed by atoms with van der Waals surface area (Å²) in [6.07, 6.45) is 3.46. The predicted molar refractivity (Wildman–Crippen MR) is 99.6 cm³/mol. The summed E-state index contributed by atoms with van der Waals surface area (Å²) in [6.45, 7) is 0. The summed E-state index contributed by atoms with van der Waals surface area (Å²) in [5, 5.41) is 4.00. The van der Waals surface area contributed by atoms with Crippen LogP contribution in [0.5, 0.6) is 5.75 Å². The lowest BCUT2D eigenvalue weighted by molar-refractivity contribution is 0.408. The van der Waals surface area contributed by atoms with Gasteiger partial charge in [0, 0.05) is 6.20 Å². The van der Waals surface area contributed by atoms with Crippen LogP contribution in [-0.4, -0.2) is 17.2 Å². The molecule has 0 aliphatic carbocycles. The first kappa shape index (κ1) is 15.7. The Morgan fingerprint density at radius 2 is 1.96 bits per heavy atom. The molecule has 0 saturated carbocycles. The fourth-order valence-corrected chi connectivity index (χ4v) is 3.53. The number of benzene rings is 1. The van der Waals surface area contributed by atoms with Gasteiger partial charge in [-0.1, -0.05) is 18.2 Å². The molecule has 126 valence electrons. The first-order valence-electron chi connectivity index (χ1n) is 7.96. The van der Waals surface area contributed by atoms with E-state index in [4.69, 9.17) is 21.4 Å². The van der Waals surface area contributed by atoms with Crippen LogP contribution in [0.3, 0.4) is 0 Å². The third-order valence-electron chi connectivity index (χ3n) is 4.28. The maximum Gasteiger partial charge on any atom is 0.174 e. The van der Waals surface area contributed by atoms with E-state index in [0.29, 0.717) is 5.11 Å². The molecular weight excluding hydrogens is 334 g/mol. The van der Waals surface area contributed by atoms with Crippen LogP contribution in [0.15, 0.2) is 71.5 Å². The molecule has 4 rings (SSSR count). The number of hydrogen-bond acceptors (Lipinski definition) is 4. The van der Waals surface area contributed by atoms with Crippen molar-refractivity contribution in [2.75, 3.05) is 12.0 Å². The third kappa shape index (κ3) is 2.74. The number of ether oxygens (including phenoxy) is 1. The molecule has 0 radical (unpaired) electrons. The number of nitrogens with zero attached hydrogens (tertiary/aromatic N) is 2. The Hall–Kier alpha value is -2.86. The Labute approximate surface area is 151 Å². The van der Waals surface area contributed by atoms with E-state index in [9.17, 15) is 0 Å². The predicted octanol–water partition coefficient (Wildman–Crippen LogP) is 3.86. The van der Waals surface area contributed by atoms with Gasteiger partial charge < -0.3 is 19.4 Å². The average Bonchev–Trinajstić information content (AvgIpc) is 3.30. The number of methoxy groups -OCH3 is 1. The van der Waals surface area contributed by atoms with Crippen molar-refractivity contribution < 1.29 is 9.15 Å². The number of furan rings is 1. The van der Waals surface area contributed by atoms with Crippen LogP contribution in [0.1, 0.15) is 23.5 Å². The van der Waals surface area contributed by atoms with Crippen LogP contribution in [0.25, 0.3) is 0 Å². The normalized spacial score (nSPS) is 19.7. The second kappa shape index (κ2) is 6.57. The molecule has 0 amide bonds. The summed E-state index contributed by atoms with van der Waals surface area (Å²) >= 11 is 5.65. The van der Waals surface area contributed by atoms with Gasteiger partial charge in [-0.2, -0.15) is 0 Å². The van der Waals surface area contributed by atoms with Gasteiger partial charge in [0.25, 0.3) is 0 Å². The Bertz CT molecular complexity index is 867. The highest BCUT2D eigenvalue weighted by atomic mass is 32.1. The standard InChI is InChI=1S/C19H17N3O2S/c1-23-15-9-3-2-8-14(15)22-18(16-10-6-12-24-16)17(21-19(22)25)13-7-4-5-11-20-13/h2-12,17-18H,1H3,(H,21,25). The lowest BCUT2D eigenvalue weighted by atomic mass is 10.0. The zero-order chi connectivity index (χ0) is 17.2. The first-order chi connectivity index (χ1) is 12.3. The minimum absolute atomic E-state index is 0.121. The van der Waals surface area contributed by atoms with Gasteiger partial charge in [0.15, 0.2) is 5.11 Å². The maximum absolute atomic E-state index is 5.73. The van der Waals surface area contributed by atoms with Crippen LogP contribution in [0.2, 0.25) is 0 Å². The van der Waals surface area contributed by atoms with Gasteiger partial charge in [0.2, 0.25) is 0 Å². The smallest absolute Gasteiger partial charge is 0.174 e. The van der Waals surface area contributed by atoms with Crippen LogP contribution < -0.4 is 15.0 Å². The van der Waals surface area contributed by atoms with Crippen molar-refractivity contribution in [3.63, 3.8) is 0 Å². The summed E-state index contributed by atoms with van der Waals surface area (Å²) in [5.74, 6) is 1.57. The topological polar surface area (TPSA) is 50.5 Å². The van der Waals surface area contributed by atoms with Crippen LogP contribution in [-0.2, 0) is 0 Å². The summed E-state index contributed by atoms with van der Waals surface area (Å²) in [6, 6.07) is 17.2. The monoisotopic (exact) mass is 351 g/mol. The number of rotatable bonds is 4. The lowest BCUT2D eigenvalue weighted by Crippen LogP contribution is -2.29. The zero-order valence-electron chi connectivity index (χ0n) is 13.6. The average molecular weight is 351 g/mol. The Kier molecular flexibility index (Phi) is 4.11. The van der Waals surface area contributed by atoms with Crippen LogP contribution >= 0.6 is 12.2 Å². The Morgan fingerprint density at radius 3 is 2.68 bits per heavy atom. The molecule has 3 aromatic rings. The fourth-order valence-electron chi connectivity index (χ4n) is 3.19. The number of nitrogens with one attached hydrogen (secondary N) is 1. The molecule has 5 nitrogen and oxygen atoms in total. The Morgan fingerprint density at radius 1 is 1.12 bits per heavy atom. The Balaban J connectivity index is 1.84. The van der Waals surface area contributed by atoms with E-state index >= 15 is 0 Å². The molecule has 1 saturated heterocycles. The van der Waals surface area contributed by atoms with Gasteiger partial charge in [0.05, 0.1) is 30.8 Å². The van der Waals surface area contributed by atoms with Crippen molar-refractivity contribution in [2.45, 2.75) is 12.1 Å². The molecule has 2 unspecified atom stereocenters. The summed E-state index contributed by atoms with van der Waals surface area (Å²) in [7, 11) is 1.66. The highest BCUT2D eigenvalue weighted by molar-refractivity contribution is 7.80. The molecule has 1 aromatic carbocycles. The van der Waals surface area contributed by atoms with E-state index < -0.39 is 0 Å². The quantitative estimate of drug-likeness (QED) is 0.721. The van der Waals surface area contributed by atoms with Gasteiger partial charge >= 0.3 is 0 Å². The highest BCUT2D eigenvalue weighted by Gasteiger charge is 2.43. The minimum atomic E-state index is -0.159. The highest BCUT2D eigenvalue weighted by Crippen LogP contribution is 2.44. The fraction of sp³-hybridized carbons (Fsp3) is 0.158. The number of hydrogen-bond donors (Lipinski definition) is 1. The molecule has 3 heterocycles. The van der Waals surface area contributed by atoms with E-state index in [1.807, 2.05) is 59.5 Å². The van der Waals surface area contributed by atoms with Gasteiger partial charge in [-0.05, 0) is 48.6 Å². The van der Waals surface area contributed by atoms with Gasteiger partial charge in [0.1, 0.15) is 17.6 Å². The second-order valence-electron chi connectivity index (χ2n) is 5.68. The van der Waals surface area contributed by atoms with E-state index in [1.165, 1.54) is 0 Å². The number of para-hydroxylation sites is 2. The molecular formula is C19H17N3O2S. The molecule has 2 atom stereocenters. The zero-order valence-corrected chi connectivity index (χ0v) is 14.4. The van der Waals surface area contributed by atoms with E-state index in [-0.39, 0.29) is 12.1 Å². The third-order valence-corrected chi connectivity index (χ3v) is 4.59. The number of anilines is 1.